The second-order valence-electron chi connectivity index (χ2n) is 11.2. The van der Waals surface area contributed by atoms with E-state index in [-0.39, 0.29) is 0 Å². The molecule has 0 heterocycles. The highest BCUT2D eigenvalue weighted by molar-refractivity contribution is 5.71. The maximum atomic E-state index is 5.86. The van der Waals surface area contributed by atoms with Crippen LogP contribution in [0.5, 0.6) is 0 Å². The Bertz CT molecular complexity index is 888. The van der Waals surface area contributed by atoms with Gasteiger partial charge in [0.1, 0.15) is 0 Å². The maximum Gasteiger partial charge on any atom is 0.0112 e. The summed E-state index contributed by atoms with van der Waals surface area (Å²) in [6.07, 6.45) is 19.8. The Morgan fingerprint density at radius 3 is 2.33 bits per heavy atom. The molecule has 0 atom stereocenters. The Hall–Kier alpha value is -2.12. The Kier molecular flexibility index (Phi) is 10.2. The standard InChI is InChI=1S/C32H47N/c1-8-11-14-25(19-20-33)17-18-28(30-16-13-12-15-26(30)9-2)21-27(10-3)29-22-31(4,5)24-32(6,7)23-29/h8,10-16,19,21,29H,1,9,17-18,20,22-24,33H2,2-7H3/b14-11-,25-19+,27-10+,28-21+. The molecule has 0 amide bonds. The first-order valence-corrected chi connectivity index (χ1v) is 12.8. The average molecular weight is 446 g/mol. The second kappa shape index (κ2) is 12.4. The lowest BCUT2D eigenvalue weighted by molar-refractivity contribution is 0.0831. The molecule has 0 unspecified atom stereocenters. The van der Waals surface area contributed by atoms with Crippen molar-refractivity contribution >= 4 is 5.57 Å². The summed E-state index contributed by atoms with van der Waals surface area (Å²) in [5.41, 5.74) is 13.7. The van der Waals surface area contributed by atoms with Crippen LogP contribution in [0.1, 0.15) is 84.8 Å². The van der Waals surface area contributed by atoms with Gasteiger partial charge in [-0.1, -0.05) is 107 Å². The van der Waals surface area contributed by atoms with Gasteiger partial charge < -0.3 is 5.73 Å². The molecular weight excluding hydrogens is 398 g/mol. The van der Waals surface area contributed by atoms with E-state index in [0.29, 0.717) is 23.3 Å². The Morgan fingerprint density at radius 2 is 1.76 bits per heavy atom. The van der Waals surface area contributed by atoms with Gasteiger partial charge in [0, 0.05) is 6.54 Å². The van der Waals surface area contributed by atoms with E-state index in [0.717, 1.165) is 19.3 Å². The van der Waals surface area contributed by atoms with Gasteiger partial charge in [-0.25, -0.2) is 0 Å². The van der Waals surface area contributed by atoms with Gasteiger partial charge in [-0.3, -0.25) is 0 Å². The fraction of sp³-hybridized carbons (Fsp3) is 0.500. The SMILES string of the molecule is C=C/C=C\C(=C/CN)CC/C(=C\C(=C/C)C1CC(C)(C)CC(C)(C)C1)c1ccccc1CC. The van der Waals surface area contributed by atoms with Gasteiger partial charge in [-0.2, -0.15) is 0 Å². The average Bonchev–Trinajstić information content (AvgIpc) is 2.75. The minimum Gasteiger partial charge on any atom is -0.327 e. The summed E-state index contributed by atoms with van der Waals surface area (Å²) in [5.74, 6) is 0.609. The molecule has 1 nitrogen and oxygen atoms in total. The summed E-state index contributed by atoms with van der Waals surface area (Å²) >= 11 is 0. The van der Waals surface area contributed by atoms with Crippen LogP contribution in [-0.4, -0.2) is 6.54 Å². The molecule has 1 aromatic rings. The van der Waals surface area contributed by atoms with E-state index in [9.17, 15) is 0 Å². The topological polar surface area (TPSA) is 26.0 Å². The maximum absolute atomic E-state index is 5.86. The number of allylic oxidation sites excluding steroid dienone is 8. The van der Waals surface area contributed by atoms with Crippen molar-refractivity contribution in [2.24, 2.45) is 22.5 Å². The van der Waals surface area contributed by atoms with Gasteiger partial charge >= 0.3 is 0 Å². The monoisotopic (exact) mass is 445 g/mol. The van der Waals surface area contributed by atoms with E-state index in [4.69, 9.17) is 5.73 Å². The number of aryl methyl sites for hydroxylation is 1. The molecule has 2 rings (SSSR count). The number of nitrogens with two attached hydrogens (primary N) is 1. The van der Waals surface area contributed by atoms with Crippen LogP contribution in [0, 0.1) is 16.7 Å². The van der Waals surface area contributed by atoms with Crippen LogP contribution in [0.2, 0.25) is 0 Å². The molecule has 0 spiro atoms. The van der Waals surface area contributed by atoms with Crippen LogP contribution in [-0.2, 0) is 6.42 Å². The first kappa shape index (κ1) is 27.1. The highest BCUT2D eigenvalue weighted by Crippen LogP contribution is 2.50. The molecule has 1 aromatic carbocycles. The normalized spacial score (nSPS) is 19.8. The number of hydrogen-bond acceptors (Lipinski definition) is 1. The van der Waals surface area contributed by atoms with Crippen LogP contribution < -0.4 is 5.73 Å². The van der Waals surface area contributed by atoms with E-state index in [1.807, 2.05) is 12.2 Å². The molecule has 0 saturated heterocycles. The highest BCUT2D eigenvalue weighted by atomic mass is 14.5. The lowest BCUT2D eigenvalue weighted by Gasteiger charge is -2.45. The first-order chi connectivity index (χ1) is 15.6. The third kappa shape index (κ3) is 8.31. The molecular formula is C32H47N. The minimum atomic E-state index is 0.378. The molecule has 1 aliphatic carbocycles. The fourth-order valence-electron chi connectivity index (χ4n) is 6.02. The smallest absolute Gasteiger partial charge is 0.0112 e. The quantitative estimate of drug-likeness (QED) is 0.358. The van der Waals surface area contributed by atoms with Crippen molar-refractivity contribution in [1.29, 1.82) is 0 Å². The summed E-state index contributed by atoms with van der Waals surface area (Å²) in [7, 11) is 0. The van der Waals surface area contributed by atoms with E-state index in [1.54, 1.807) is 0 Å². The third-order valence-corrected chi connectivity index (χ3v) is 6.95. The molecule has 0 radical (unpaired) electrons. The van der Waals surface area contributed by atoms with Crippen molar-refractivity contribution in [2.45, 2.75) is 80.1 Å². The Balaban J connectivity index is 2.46. The Labute approximate surface area is 204 Å². The van der Waals surface area contributed by atoms with Crippen LogP contribution in [0.15, 0.2) is 78.4 Å². The van der Waals surface area contributed by atoms with Gasteiger partial charge in [0.2, 0.25) is 0 Å². The van der Waals surface area contributed by atoms with E-state index < -0.39 is 0 Å². The molecule has 0 aromatic heterocycles. The van der Waals surface area contributed by atoms with Crippen LogP contribution in [0.3, 0.4) is 0 Å². The van der Waals surface area contributed by atoms with E-state index in [2.05, 4.69) is 96.7 Å². The molecule has 1 heteroatoms. The lowest BCUT2D eigenvalue weighted by Crippen LogP contribution is -2.34. The summed E-state index contributed by atoms with van der Waals surface area (Å²) < 4.78 is 0. The molecule has 0 bridgehead atoms. The van der Waals surface area contributed by atoms with Gasteiger partial charge in [0.05, 0.1) is 0 Å². The van der Waals surface area contributed by atoms with Crippen molar-refractivity contribution in [3.05, 3.63) is 89.6 Å². The largest absolute Gasteiger partial charge is 0.327 e. The van der Waals surface area contributed by atoms with Gasteiger partial charge in [-0.15, -0.1) is 0 Å². The third-order valence-electron chi connectivity index (χ3n) is 6.95. The molecule has 2 N–H and O–H groups in total. The Morgan fingerprint density at radius 1 is 1.09 bits per heavy atom. The van der Waals surface area contributed by atoms with Crippen LogP contribution in [0.4, 0.5) is 0 Å². The molecule has 1 aliphatic rings. The summed E-state index contributed by atoms with van der Waals surface area (Å²) in [6, 6.07) is 8.92. The van der Waals surface area contributed by atoms with Gasteiger partial charge in [-0.05, 0) is 84.5 Å². The number of hydrogen-bond donors (Lipinski definition) is 1. The zero-order valence-corrected chi connectivity index (χ0v) is 22.1. The van der Waals surface area contributed by atoms with Crippen molar-refractivity contribution in [1.82, 2.24) is 0 Å². The van der Waals surface area contributed by atoms with Gasteiger partial charge in [0.15, 0.2) is 0 Å². The first-order valence-electron chi connectivity index (χ1n) is 12.8. The van der Waals surface area contributed by atoms with Gasteiger partial charge in [0.25, 0.3) is 0 Å². The van der Waals surface area contributed by atoms with E-state index in [1.165, 1.54) is 47.1 Å². The summed E-state index contributed by atoms with van der Waals surface area (Å²) in [5, 5.41) is 0. The summed E-state index contributed by atoms with van der Waals surface area (Å²) in [6.45, 7) is 18.6. The molecule has 33 heavy (non-hydrogen) atoms. The molecule has 180 valence electrons. The van der Waals surface area contributed by atoms with Crippen molar-refractivity contribution in [3.8, 4) is 0 Å². The molecule has 1 fully saturated rings. The van der Waals surface area contributed by atoms with Crippen LogP contribution in [0.25, 0.3) is 5.57 Å². The van der Waals surface area contributed by atoms with E-state index >= 15 is 0 Å². The highest BCUT2D eigenvalue weighted by Gasteiger charge is 2.39. The molecule has 0 aliphatic heterocycles. The second-order valence-corrected chi connectivity index (χ2v) is 11.2. The number of rotatable bonds is 10. The minimum absolute atomic E-state index is 0.378. The van der Waals surface area contributed by atoms with Crippen molar-refractivity contribution < 1.29 is 0 Å². The fourth-order valence-corrected chi connectivity index (χ4v) is 6.02. The van der Waals surface area contributed by atoms with Crippen LogP contribution >= 0.6 is 0 Å². The number of benzene rings is 1. The predicted octanol–water partition coefficient (Wildman–Crippen LogP) is 8.84. The predicted molar refractivity (Wildman–Crippen MR) is 148 cm³/mol. The summed E-state index contributed by atoms with van der Waals surface area (Å²) in [4.78, 5) is 0. The lowest BCUT2D eigenvalue weighted by atomic mass is 9.60. The van der Waals surface area contributed by atoms with Crippen molar-refractivity contribution in [3.63, 3.8) is 0 Å². The zero-order chi connectivity index (χ0) is 24.5. The van der Waals surface area contributed by atoms with Crippen molar-refractivity contribution in [2.75, 3.05) is 6.54 Å². The zero-order valence-electron chi connectivity index (χ0n) is 22.1. The molecule has 1 saturated carbocycles.